The Morgan fingerprint density at radius 3 is 2.58 bits per heavy atom. The lowest BCUT2D eigenvalue weighted by Crippen LogP contribution is -2.30. The van der Waals surface area contributed by atoms with Gasteiger partial charge in [0.1, 0.15) is 6.04 Å². The normalized spacial score (nSPS) is 16.4. The largest absolute Gasteiger partial charge is 0.320 e. The standard InChI is InChI=1S/C20H21N5O/c1-13(2)25-19(21-22-23-25)18-16-10-6-7-11-17(16)20(26)24(18)12-15-9-5-4-8-14(15)3/h4-11,13,18H,12H2,1-3H3. The molecule has 6 nitrogen and oxygen atoms in total. The highest BCUT2D eigenvalue weighted by atomic mass is 16.2. The first-order chi connectivity index (χ1) is 12.6. The van der Waals surface area contributed by atoms with Crippen molar-refractivity contribution in [2.45, 2.75) is 39.4 Å². The van der Waals surface area contributed by atoms with Crippen molar-refractivity contribution in [2.75, 3.05) is 0 Å². The lowest BCUT2D eigenvalue weighted by molar-refractivity contribution is 0.0726. The number of fused-ring (bicyclic) bond motifs is 1. The predicted molar refractivity (Wildman–Crippen MR) is 97.5 cm³/mol. The van der Waals surface area contributed by atoms with Crippen LogP contribution in [0.15, 0.2) is 48.5 Å². The van der Waals surface area contributed by atoms with Gasteiger partial charge in [-0.2, -0.15) is 0 Å². The number of amides is 1. The molecule has 0 bridgehead atoms. The third-order valence-electron chi connectivity index (χ3n) is 4.91. The average molecular weight is 347 g/mol. The molecule has 3 aromatic rings. The average Bonchev–Trinajstić information content (AvgIpc) is 3.21. The van der Waals surface area contributed by atoms with Crippen molar-refractivity contribution in [3.63, 3.8) is 0 Å². The van der Waals surface area contributed by atoms with E-state index in [4.69, 9.17) is 0 Å². The van der Waals surface area contributed by atoms with Gasteiger partial charge in [-0.15, -0.1) is 5.10 Å². The van der Waals surface area contributed by atoms with Crippen molar-refractivity contribution in [1.82, 2.24) is 25.1 Å². The van der Waals surface area contributed by atoms with Crippen LogP contribution in [0, 0.1) is 6.92 Å². The molecule has 0 saturated heterocycles. The van der Waals surface area contributed by atoms with E-state index in [0.717, 1.165) is 16.7 Å². The Balaban J connectivity index is 1.83. The minimum absolute atomic E-state index is 0.0205. The Hall–Kier alpha value is -3.02. The summed E-state index contributed by atoms with van der Waals surface area (Å²) in [7, 11) is 0. The summed E-state index contributed by atoms with van der Waals surface area (Å²) in [5, 5.41) is 12.3. The van der Waals surface area contributed by atoms with Crippen LogP contribution in [0.2, 0.25) is 0 Å². The SMILES string of the molecule is Cc1ccccc1CN1C(=O)c2ccccc2C1c1nnnn1C(C)C. The molecule has 1 amide bonds. The molecule has 2 heterocycles. The van der Waals surface area contributed by atoms with Crippen LogP contribution in [-0.4, -0.2) is 31.0 Å². The molecule has 1 unspecified atom stereocenters. The zero-order valence-corrected chi connectivity index (χ0v) is 15.1. The Morgan fingerprint density at radius 2 is 1.81 bits per heavy atom. The molecule has 1 atom stereocenters. The van der Waals surface area contributed by atoms with Gasteiger partial charge in [-0.3, -0.25) is 4.79 Å². The molecule has 6 heteroatoms. The first-order valence-corrected chi connectivity index (χ1v) is 8.80. The Kier molecular flexibility index (Phi) is 4.03. The summed E-state index contributed by atoms with van der Waals surface area (Å²) in [6.07, 6.45) is 0. The first-order valence-electron chi connectivity index (χ1n) is 8.80. The number of aromatic nitrogens is 4. The maximum absolute atomic E-state index is 13.1. The zero-order chi connectivity index (χ0) is 18.3. The van der Waals surface area contributed by atoms with Crippen LogP contribution in [0.1, 0.15) is 58.8 Å². The highest BCUT2D eigenvalue weighted by Gasteiger charge is 2.40. The van der Waals surface area contributed by atoms with Gasteiger partial charge in [0.15, 0.2) is 5.82 Å². The van der Waals surface area contributed by atoms with E-state index < -0.39 is 0 Å². The predicted octanol–water partition coefficient (Wildman–Crippen LogP) is 3.31. The summed E-state index contributed by atoms with van der Waals surface area (Å²) in [6.45, 7) is 6.66. The molecule has 4 rings (SSSR count). The number of aryl methyl sites for hydroxylation is 1. The number of carbonyl (C=O) groups is 1. The fraction of sp³-hybridized carbons (Fsp3) is 0.300. The van der Waals surface area contributed by atoms with Gasteiger partial charge in [0.05, 0.1) is 6.04 Å². The van der Waals surface area contributed by atoms with E-state index in [1.165, 1.54) is 5.56 Å². The van der Waals surface area contributed by atoms with E-state index in [1.54, 1.807) is 4.68 Å². The molecule has 132 valence electrons. The molecule has 0 saturated carbocycles. The smallest absolute Gasteiger partial charge is 0.255 e. The van der Waals surface area contributed by atoms with Crippen LogP contribution in [0.3, 0.4) is 0 Å². The summed E-state index contributed by atoms with van der Waals surface area (Å²) in [5.41, 5.74) is 3.98. The zero-order valence-electron chi connectivity index (χ0n) is 15.1. The molecule has 1 aliphatic rings. The highest BCUT2D eigenvalue weighted by molar-refractivity contribution is 5.99. The summed E-state index contributed by atoms with van der Waals surface area (Å²) in [5.74, 6) is 0.721. The number of benzene rings is 2. The maximum Gasteiger partial charge on any atom is 0.255 e. The molecule has 0 N–H and O–H groups in total. The van der Waals surface area contributed by atoms with Crippen LogP contribution >= 0.6 is 0 Å². The van der Waals surface area contributed by atoms with Crippen LogP contribution < -0.4 is 0 Å². The monoisotopic (exact) mass is 347 g/mol. The van der Waals surface area contributed by atoms with Gasteiger partial charge in [0.25, 0.3) is 5.91 Å². The number of hydrogen-bond acceptors (Lipinski definition) is 4. The molecule has 1 aliphatic heterocycles. The van der Waals surface area contributed by atoms with Gasteiger partial charge in [-0.1, -0.05) is 42.5 Å². The number of nitrogens with zero attached hydrogens (tertiary/aromatic N) is 5. The van der Waals surface area contributed by atoms with Crippen LogP contribution in [0.5, 0.6) is 0 Å². The number of hydrogen-bond donors (Lipinski definition) is 0. The topological polar surface area (TPSA) is 63.9 Å². The van der Waals surface area contributed by atoms with E-state index in [9.17, 15) is 4.79 Å². The number of carbonyl (C=O) groups excluding carboxylic acids is 1. The lowest BCUT2D eigenvalue weighted by atomic mass is 10.0. The van der Waals surface area contributed by atoms with Crippen molar-refractivity contribution in [3.8, 4) is 0 Å². The van der Waals surface area contributed by atoms with Crippen molar-refractivity contribution in [3.05, 3.63) is 76.6 Å². The molecule has 0 spiro atoms. The summed E-state index contributed by atoms with van der Waals surface area (Å²) in [6, 6.07) is 15.7. The molecule has 26 heavy (non-hydrogen) atoms. The molecule has 2 aromatic carbocycles. The van der Waals surface area contributed by atoms with Gasteiger partial charge < -0.3 is 4.90 Å². The summed E-state index contributed by atoms with van der Waals surface area (Å²) >= 11 is 0. The first kappa shape index (κ1) is 16.4. The molecule has 1 aromatic heterocycles. The molecule has 0 radical (unpaired) electrons. The third kappa shape index (κ3) is 2.58. The van der Waals surface area contributed by atoms with E-state index in [1.807, 2.05) is 55.1 Å². The minimum Gasteiger partial charge on any atom is -0.320 e. The van der Waals surface area contributed by atoms with Gasteiger partial charge in [-0.25, -0.2) is 4.68 Å². The number of rotatable bonds is 4. The minimum atomic E-state index is -0.282. The van der Waals surface area contributed by atoms with Crippen LogP contribution in [0.25, 0.3) is 0 Å². The van der Waals surface area contributed by atoms with E-state index in [0.29, 0.717) is 12.4 Å². The highest BCUT2D eigenvalue weighted by Crippen LogP contribution is 2.39. The van der Waals surface area contributed by atoms with Crippen molar-refractivity contribution >= 4 is 5.91 Å². The second kappa shape index (κ2) is 6.37. The molecule has 0 fully saturated rings. The van der Waals surface area contributed by atoms with Crippen molar-refractivity contribution < 1.29 is 4.79 Å². The Bertz CT molecular complexity index is 962. The van der Waals surface area contributed by atoms with E-state index >= 15 is 0 Å². The van der Waals surface area contributed by atoms with Gasteiger partial charge in [-0.05, 0) is 54.0 Å². The van der Waals surface area contributed by atoms with Gasteiger partial charge >= 0.3 is 0 Å². The second-order valence-corrected chi connectivity index (χ2v) is 6.92. The van der Waals surface area contributed by atoms with E-state index in [-0.39, 0.29) is 18.0 Å². The maximum atomic E-state index is 13.1. The molecular formula is C20H21N5O. The number of tetrazole rings is 1. The van der Waals surface area contributed by atoms with Crippen molar-refractivity contribution in [1.29, 1.82) is 0 Å². The molecule has 0 aliphatic carbocycles. The molecular weight excluding hydrogens is 326 g/mol. The fourth-order valence-electron chi connectivity index (χ4n) is 3.53. The quantitative estimate of drug-likeness (QED) is 0.726. The summed E-state index contributed by atoms with van der Waals surface area (Å²) < 4.78 is 1.80. The van der Waals surface area contributed by atoms with Crippen LogP contribution in [0.4, 0.5) is 0 Å². The Morgan fingerprint density at radius 1 is 1.08 bits per heavy atom. The Labute approximate surface area is 152 Å². The fourth-order valence-corrected chi connectivity index (χ4v) is 3.53. The van der Waals surface area contributed by atoms with Crippen LogP contribution in [-0.2, 0) is 6.54 Å². The van der Waals surface area contributed by atoms with Gasteiger partial charge in [0, 0.05) is 12.1 Å². The summed E-state index contributed by atoms with van der Waals surface area (Å²) in [4.78, 5) is 15.0. The second-order valence-electron chi connectivity index (χ2n) is 6.92. The van der Waals surface area contributed by atoms with Crippen molar-refractivity contribution in [2.24, 2.45) is 0 Å². The third-order valence-corrected chi connectivity index (χ3v) is 4.91. The lowest BCUT2D eigenvalue weighted by Gasteiger charge is -2.26. The van der Waals surface area contributed by atoms with Gasteiger partial charge in [0.2, 0.25) is 0 Å². The van der Waals surface area contributed by atoms with E-state index in [2.05, 4.69) is 34.6 Å².